The first-order chi connectivity index (χ1) is 13.5. The van der Waals surface area contributed by atoms with Gasteiger partial charge in [-0.25, -0.2) is 4.39 Å². The summed E-state index contributed by atoms with van der Waals surface area (Å²) in [7, 11) is 0. The van der Waals surface area contributed by atoms with Crippen LogP contribution in [0.25, 0.3) is 0 Å². The zero-order valence-electron chi connectivity index (χ0n) is 14.6. The maximum absolute atomic E-state index is 13.6. The average molecular weight is 377 g/mol. The molecule has 0 heterocycles. The van der Waals surface area contributed by atoms with E-state index in [2.05, 4.69) is 16.2 Å². The first-order valence-electron chi connectivity index (χ1n) is 8.36. The van der Waals surface area contributed by atoms with Crippen molar-refractivity contribution < 1.29 is 18.8 Å². The van der Waals surface area contributed by atoms with E-state index in [1.807, 2.05) is 6.07 Å². The summed E-state index contributed by atoms with van der Waals surface area (Å²) in [5.41, 5.74) is 5.48. The van der Waals surface area contributed by atoms with Crippen LogP contribution in [0.15, 0.2) is 78.9 Å². The van der Waals surface area contributed by atoms with E-state index in [4.69, 9.17) is 0 Å². The normalized spacial score (nSPS) is 10.0. The van der Waals surface area contributed by atoms with Crippen LogP contribution >= 0.6 is 0 Å². The molecule has 0 spiro atoms. The van der Waals surface area contributed by atoms with E-state index in [1.165, 1.54) is 30.3 Å². The minimum atomic E-state index is -0.766. The molecule has 0 aliphatic rings. The number of halogens is 1. The van der Waals surface area contributed by atoms with Crippen molar-refractivity contribution in [1.29, 1.82) is 0 Å². The molecule has 3 amide bonds. The van der Waals surface area contributed by atoms with Crippen molar-refractivity contribution in [2.75, 3.05) is 5.32 Å². The Balaban J connectivity index is 1.57. The number of carbonyl (C=O) groups is 3. The fourth-order valence-electron chi connectivity index (χ4n) is 2.40. The predicted octanol–water partition coefficient (Wildman–Crippen LogP) is 3.15. The van der Waals surface area contributed by atoms with Gasteiger partial charge in [0.05, 0.1) is 5.56 Å². The maximum atomic E-state index is 13.6. The number of carbonyl (C=O) groups excluding carboxylic acids is 3. The summed E-state index contributed by atoms with van der Waals surface area (Å²) in [6, 6.07) is 20.3. The lowest BCUT2D eigenvalue weighted by molar-refractivity contribution is 0.0844. The molecule has 3 aromatic rings. The van der Waals surface area contributed by atoms with Gasteiger partial charge in [0, 0.05) is 16.8 Å². The zero-order chi connectivity index (χ0) is 19.9. The molecule has 3 aromatic carbocycles. The summed E-state index contributed by atoms with van der Waals surface area (Å²) >= 11 is 0. The monoisotopic (exact) mass is 377 g/mol. The van der Waals surface area contributed by atoms with Gasteiger partial charge in [-0.05, 0) is 48.5 Å². The Hall–Kier alpha value is -4.00. The molecular formula is C21H16FN3O3. The number of benzene rings is 3. The van der Waals surface area contributed by atoms with Gasteiger partial charge in [-0.2, -0.15) is 0 Å². The number of hydrazine groups is 1. The van der Waals surface area contributed by atoms with E-state index in [0.29, 0.717) is 11.3 Å². The van der Waals surface area contributed by atoms with Crippen LogP contribution in [-0.4, -0.2) is 17.7 Å². The van der Waals surface area contributed by atoms with Crippen LogP contribution in [0.3, 0.4) is 0 Å². The number of anilines is 1. The minimum absolute atomic E-state index is 0.179. The topological polar surface area (TPSA) is 87.3 Å². The highest BCUT2D eigenvalue weighted by atomic mass is 19.1. The number of rotatable bonds is 4. The molecule has 0 saturated heterocycles. The van der Waals surface area contributed by atoms with Crippen molar-refractivity contribution >= 4 is 23.4 Å². The molecule has 28 heavy (non-hydrogen) atoms. The molecule has 0 aromatic heterocycles. The van der Waals surface area contributed by atoms with Crippen molar-refractivity contribution in [3.05, 3.63) is 101 Å². The van der Waals surface area contributed by atoms with Crippen molar-refractivity contribution in [1.82, 2.24) is 10.9 Å². The van der Waals surface area contributed by atoms with Crippen molar-refractivity contribution in [3.63, 3.8) is 0 Å². The molecule has 0 atom stereocenters. The molecule has 0 aliphatic carbocycles. The molecule has 0 bridgehead atoms. The molecule has 0 saturated carbocycles. The van der Waals surface area contributed by atoms with Crippen molar-refractivity contribution in [2.45, 2.75) is 0 Å². The molecule has 140 valence electrons. The van der Waals surface area contributed by atoms with Crippen LogP contribution in [0.5, 0.6) is 0 Å². The Morgan fingerprint density at radius 1 is 0.607 bits per heavy atom. The largest absolute Gasteiger partial charge is 0.322 e. The quantitative estimate of drug-likeness (QED) is 0.611. The molecule has 0 aliphatic heterocycles. The third-order valence-corrected chi connectivity index (χ3v) is 3.85. The fraction of sp³-hybridized carbons (Fsp3) is 0. The highest BCUT2D eigenvalue weighted by Gasteiger charge is 2.13. The molecule has 6 nitrogen and oxygen atoms in total. The Morgan fingerprint density at radius 3 is 1.86 bits per heavy atom. The standard InChI is InChI=1S/C21H16FN3O3/c22-18-9-5-4-8-17(18)21(28)25-24-20(27)15-10-12-16(13-11-15)23-19(26)14-6-2-1-3-7-14/h1-13H,(H,23,26)(H,24,27)(H,25,28). The van der Waals surface area contributed by atoms with Crippen LogP contribution < -0.4 is 16.2 Å². The smallest absolute Gasteiger partial charge is 0.272 e. The summed E-state index contributed by atoms with van der Waals surface area (Å²) in [4.78, 5) is 36.1. The van der Waals surface area contributed by atoms with Crippen LogP contribution in [-0.2, 0) is 0 Å². The molecule has 3 rings (SSSR count). The second kappa shape index (κ2) is 8.59. The third kappa shape index (κ3) is 4.59. The molecule has 0 radical (unpaired) electrons. The Labute approximate surface area is 160 Å². The van der Waals surface area contributed by atoms with Crippen LogP contribution in [0.4, 0.5) is 10.1 Å². The van der Waals surface area contributed by atoms with E-state index in [0.717, 1.165) is 6.07 Å². The molecule has 3 N–H and O–H groups in total. The van der Waals surface area contributed by atoms with Gasteiger partial charge in [0.15, 0.2) is 0 Å². The van der Waals surface area contributed by atoms with Gasteiger partial charge in [-0.3, -0.25) is 25.2 Å². The first-order valence-corrected chi connectivity index (χ1v) is 8.36. The summed E-state index contributed by atoms with van der Waals surface area (Å²) in [5, 5.41) is 2.72. The van der Waals surface area contributed by atoms with Crippen molar-refractivity contribution in [3.8, 4) is 0 Å². The zero-order valence-corrected chi connectivity index (χ0v) is 14.6. The number of hydrogen-bond donors (Lipinski definition) is 3. The SMILES string of the molecule is O=C(NNC(=O)c1ccccc1F)c1ccc(NC(=O)c2ccccc2)cc1. The second-order valence-electron chi connectivity index (χ2n) is 5.79. The Morgan fingerprint density at radius 2 is 1.18 bits per heavy atom. The fourth-order valence-corrected chi connectivity index (χ4v) is 2.40. The summed E-state index contributed by atoms with van der Waals surface area (Å²) in [6.45, 7) is 0. The van der Waals surface area contributed by atoms with E-state index < -0.39 is 17.6 Å². The number of nitrogens with one attached hydrogen (secondary N) is 3. The Bertz CT molecular complexity index is 1000. The lowest BCUT2D eigenvalue weighted by Gasteiger charge is -2.09. The van der Waals surface area contributed by atoms with Crippen LogP contribution in [0.1, 0.15) is 31.1 Å². The summed E-state index contributed by atoms with van der Waals surface area (Å²) < 4.78 is 13.6. The van der Waals surface area contributed by atoms with Gasteiger partial charge in [0.2, 0.25) is 0 Å². The lowest BCUT2D eigenvalue weighted by Crippen LogP contribution is -2.41. The average Bonchev–Trinajstić information content (AvgIpc) is 2.73. The highest BCUT2D eigenvalue weighted by molar-refractivity contribution is 6.04. The van der Waals surface area contributed by atoms with Crippen molar-refractivity contribution in [2.24, 2.45) is 0 Å². The van der Waals surface area contributed by atoms with Crippen LogP contribution in [0, 0.1) is 5.82 Å². The number of hydrogen-bond acceptors (Lipinski definition) is 3. The van der Waals surface area contributed by atoms with E-state index >= 15 is 0 Å². The molecule has 0 fully saturated rings. The van der Waals surface area contributed by atoms with Gasteiger partial charge in [0.1, 0.15) is 5.82 Å². The highest BCUT2D eigenvalue weighted by Crippen LogP contribution is 2.11. The summed E-state index contributed by atoms with van der Waals surface area (Å²) in [6.07, 6.45) is 0. The number of amides is 3. The Kier molecular flexibility index (Phi) is 5.76. The maximum Gasteiger partial charge on any atom is 0.272 e. The van der Waals surface area contributed by atoms with Gasteiger partial charge >= 0.3 is 0 Å². The van der Waals surface area contributed by atoms with Crippen LogP contribution in [0.2, 0.25) is 0 Å². The van der Waals surface area contributed by atoms with Gasteiger partial charge in [-0.15, -0.1) is 0 Å². The van der Waals surface area contributed by atoms with E-state index in [9.17, 15) is 18.8 Å². The van der Waals surface area contributed by atoms with Gasteiger partial charge in [0.25, 0.3) is 17.7 Å². The third-order valence-electron chi connectivity index (χ3n) is 3.85. The van der Waals surface area contributed by atoms with Gasteiger partial charge < -0.3 is 5.32 Å². The van der Waals surface area contributed by atoms with Gasteiger partial charge in [-0.1, -0.05) is 30.3 Å². The second-order valence-corrected chi connectivity index (χ2v) is 5.79. The van der Waals surface area contributed by atoms with E-state index in [-0.39, 0.29) is 17.0 Å². The predicted molar refractivity (Wildman–Crippen MR) is 102 cm³/mol. The van der Waals surface area contributed by atoms with E-state index in [1.54, 1.807) is 36.4 Å². The molecule has 7 heteroatoms. The summed E-state index contributed by atoms with van der Waals surface area (Å²) in [5.74, 6) is -2.30. The first kappa shape index (κ1) is 18.8. The minimum Gasteiger partial charge on any atom is -0.322 e. The lowest BCUT2D eigenvalue weighted by atomic mass is 10.1. The molecule has 0 unspecified atom stereocenters. The molecular weight excluding hydrogens is 361 g/mol.